The first-order valence-electron chi connectivity index (χ1n) is 10.1. The zero-order chi connectivity index (χ0) is 23.5. The van der Waals surface area contributed by atoms with Crippen LogP contribution in [0.4, 0.5) is 10.1 Å². The van der Waals surface area contributed by atoms with E-state index in [4.69, 9.17) is 20.8 Å². The molecule has 0 aliphatic carbocycles. The lowest BCUT2D eigenvalue weighted by molar-refractivity contribution is 0.0992. The fourth-order valence-electron chi connectivity index (χ4n) is 3.31. The largest absolute Gasteiger partial charge is 0.484 e. The molecule has 2 heterocycles. The minimum atomic E-state index is -0.417. The Balaban J connectivity index is 1.43. The summed E-state index contributed by atoms with van der Waals surface area (Å²) in [5.41, 5.74) is 2.41. The summed E-state index contributed by atoms with van der Waals surface area (Å²) in [6.07, 6.45) is 0. The summed E-state index contributed by atoms with van der Waals surface area (Å²) in [6.45, 7) is 3.98. The first kappa shape index (κ1) is 23.1. The van der Waals surface area contributed by atoms with Gasteiger partial charge < -0.3 is 14.5 Å². The molecule has 9 heteroatoms. The van der Waals surface area contributed by atoms with Crippen LogP contribution >= 0.6 is 27.5 Å². The zero-order valence-electron chi connectivity index (χ0n) is 17.9. The molecule has 0 saturated heterocycles. The van der Waals surface area contributed by atoms with Crippen molar-refractivity contribution in [3.05, 3.63) is 98.4 Å². The predicted octanol–water partition coefficient (Wildman–Crippen LogP) is 6.53. The summed E-state index contributed by atoms with van der Waals surface area (Å²) in [4.78, 5) is 12.8. The van der Waals surface area contributed by atoms with E-state index in [0.717, 1.165) is 4.47 Å². The Morgan fingerprint density at radius 1 is 1.21 bits per heavy atom. The van der Waals surface area contributed by atoms with Crippen LogP contribution < -0.4 is 10.1 Å². The van der Waals surface area contributed by atoms with E-state index >= 15 is 0 Å². The first-order chi connectivity index (χ1) is 15.8. The molecular formula is C24H20BrClFN3O3. The Morgan fingerprint density at radius 2 is 2.00 bits per heavy atom. The maximum absolute atomic E-state index is 14.0. The molecule has 4 aromatic rings. The smallest absolute Gasteiger partial charge is 0.291 e. The van der Waals surface area contributed by atoms with E-state index in [1.807, 2.05) is 13.0 Å². The monoisotopic (exact) mass is 531 g/mol. The highest BCUT2D eigenvalue weighted by Crippen LogP contribution is 2.29. The van der Waals surface area contributed by atoms with Crippen molar-refractivity contribution in [3.8, 4) is 5.75 Å². The Hall–Kier alpha value is -3.10. The number of anilines is 1. The Bertz CT molecular complexity index is 1320. The molecular weight excluding hydrogens is 513 g/mol. The highest BCUT2D eigenvalue weighted by molar-refractivity contribution is 9.10. The maximum Gasteiger partial charge on any atom is 0.291 e. The van der Waals surface area contributed by atoms with Gasteiger partial charge in [0.2, 0.25) is 0 Å². The normalized spacial score (nSPS) is 10.9. The molecule has 0 saturated carbocycles. The summed E-state index contributed by atoms with van der Waals surface area (Å²) >= 11 is 9.50. The summed E-state index contributed by atoms with van der Waals surface area (Å²) in [5.74, 6) is 0.403. The van der Waals surface area contributed by atoms with Gasteiger partial charge in [0, 0.05) is 10.0 Å². The first-order valence-corrected chi connectivity index (χ1v) is 11.2. The molecule has 4 rings (SSSR count). The fourth-order valence-corrected chi connectivity index (χ4v) is 4.04. The van der Waals surface area contributed by atoms with E-state index in [-0.39, 0.29) is 24.7 Å². The van der Waals surface area contributed by atoms with E-state index in [1.165, 1.54) is 6.07 Å². The van der Waals surface area contributed by atoms with Gasteiger partial charge in [-0.1, -0.05) is 45.7 Å². The second-order valence-corrected chi connectivity index (χ2v) is 8.70. The quantitative estimate of drug-likeness (QED) is 0.294. The van der Waals surface area contributed by atoms with Crippen molar-refractivity contribution in [2.75, 3.05) is 5.32 Å². The van der Waals surface area contributed by atoms with Crippen LogP contribution in [0.25, 0.3) is 0 Å². The third-order valence-corrected chi connectivity index (χ3v) is 5.84. The zero-order valence-corrected chi connectivity index (χ0v) is 20.2. The van der Waals surface area contributed by atoms with Crippen molar-refractivity contribution in [1.29, 1.82) is 0 Å². The number of rotatable bonds is 7. The molecule has 0 fully saturated rings. The Morgan fingerprint density at radius 3 is 2.76 bits per heavy atom. The molecule has 1 N–H and O–H groups in total. The topological polar surface area (TPSA) is 69.3 Å². The van der Waals surface area contributed by atoms with Crippen LogP contribution in [-0.2, 0) is 13.2 Å². The summed E-state index contributed by atoms with van der Waals surface area (Å²) < 4.78 is 27.8. The van der Waals surface area contributed by atoms with Gasteiger partial charge in [-0.05, 0) is 50.2 Å². The van der Waals surface area contributed by atoms with Crippen LogP contribution in [0, 0.1) is 19.7 Å². The van der Waals surface area contributed by atoms with Crippen LogP contribution in [0.1, 0.15) is 33.3 Å². The SMILES string of the molecule is Cc1nn(Cc2ccccc2F)c(C)c1NC(=O)c1ccc(COc2ccc(Br)cc2Cl)o1. The molecule has 0 unspecified atom stereocenters. The number of halogens is 3. The van der Waals surface area contributed by atoms with Gasteiger partial charge in [-0.15, -0.1) is 0 Å². The average molecular weight is 533 g/mol. The number of aromatic nitrogens is 2. The number of aryl methyl sites for hydroxylation is 1. The van der Waals surface area contributed by atoms with Crippen molar-refractivity contribution in [2.24, 2.45) is 0 Å². The molecule has 0 spiro atoms. The van der Waals surface area contributed by atoms with E-state index in [1.54, 1.807) is 54.1 Å². The third-order valence-electron chi connectivity index (χ3n) is 5.05. The lowest BCUT2D eigenvalue weighted by Gasteiger charge is -2.08. The number of hydrogen-bond acceptors (Lipinski definition) is 4. The van der Waals surface area contributed by atoms with Gasteiger partial charge in [0.05, 0.1) is 28.6 Å². The van der Waals surface area contributed by atoms with E-state index < -0.39 is 5.91 Å². The average Bonchev–Trinajstić information content (AvgIpc) is 3.35. The minimum absolute atomic E-state index is 0.118. The molecule has 2 aromatic heterocycles. The van der Waals surface area contributed by atoms with Crippen LogP contribution in [0.2, 0.25) is 5.02 Å². The summed E-state index contributed by atoms with van der Waals surface area (Å²) in [7, 11) is 0. The van der Waals surface area contributed by atoms with Gasteiger partial charge in [-0.2, -0.15) is 5.10 Å². The lowest BCUT2D eigenvalue weighted by Crippen LogP contribution is -2.12. The van der Waals surface area contributed by atoms with Crippen molar-refractivity contribution in [2.45, 2.75) is 27.0 Å². The number of nitrogens with zero attached hydrogens (tertiary/aromatic N) is 2. The van der Waals surface area contributed by atoms with Crippen LogP contribution in [0.3, 0.4) is 0 Å². The summed E-state index contributed by atoms with van der Waals surface area (Å²) in [5, 5.41) is 7.75. The number of hydrogen-bond donors (Lipinski definition) is 1. The number of nitrogens with one attached hydrogen (secondary N) is 1. The molecule has 33 heavy (non-hydrogen) atoms. The van der Waals surface area contributed by atoms with Crippen molar-refractivity contribution >= 4 is 39.1 Å². The molecule has 170 valence electrons. The Labute approximate surface area is 203 Å². The van der Waals surface area contributed by atoms with Gasteiger partial charge >= 0.3 is 0 Å². The number of ether oxygens (including phenoxy) is 1. The minimum Gasteiger partial charge on any atom is -0.484 e. The fraction of sp³-hybridized carbons (Fsp3) is 0.167. The maximum atomic E-state index is 14.0. The third kappa shape index (κ3) is 5.29. The molecule has 0 bridgehead atoms. The van der Waals surface area contributed by atoms with Crippen LogP contribution in [0.15, 0.2) is 63.5 Å². The lowest BCUT2D eigenvalue weighted by atomic mass is 10.2. The number of amides is 1. The predicted molar refractivity (Wildman–Crippen MR) is 127 cm³/mol. The second-order valence-electron chi connectivity index (χ2n) is 7.38. The molecule has 0 aliphatic heterocycles. The number of furan rings is 1. The molecule has 0 atom stereocenters. The molecule has 0 radical (unpaired) electrons. The highest BCUT2D eigenvalue weighted by atomic mass is 79.9. The molecule has 6 nitrogen and oxygen atoms in total. The van der Waals surface area contributed by atoms with E-state index in [2.05, 4.69) is 26.3 Å². The number of carbonyl (C=O) groups is 1. The van der Waals surface area contributed by atoms with Crippen LogP contribution in [0.5, 0.6) is 5.75 Å². The highest BCUT2D eigenvalue weighted by Gasteiger charge is 2.18. The van der Waals surface area contributed by atoms with Crippen LogP contribution in [-0.4, -0.2) is 15.7 Å². The van der Waals surface area contributed by atoms with Gasteiger partial charge in [-0.25, -0.2) is 4.39 Å². The van der Waals surface area contributed by atoms with E-state index in [0.29, 0.717) is 39.2 Å². The van der Waals surface area contributed by atoms with Gasteiger partial charge in [-0.3, -0.25) is 9.48 Å². The number of benzene rings is 2. The Kier molecular flexibility index (Phi) is 6.85. The van der Waals surface area contributed by atoms with Crippen molar-refractivity contribution < 1.29 is 18.3 Å². The molecule has 2 aromatic carbocycles. The van der Waals surface area contributed by atoms with Crippen molar-refractivity contribution in [1.82, 2.24) is 9.78 Å². The van der Waals surface area contributed by atoms with Gasteiger partial charge in [0.1, 0.15) is 23.9 Å². The standard InChI is InChI=1S/C24H20BrClFN3O3/c1-14-23(15(2)30(29-14)12-16-5-3-4-6-20(16)27)28-24(31)22-10-8-18(33-22)13-32-21-9-7-17(25)11-19(21)26/h3-11H,12-13H2,1-2H3,(H,28,31). The van der Waals surface area contributed by atoms with E-state index in [9.17, 15) is 9.18 Å². The van der Waals surface area contributed by atoms with Gasteiger partial charge in [0.15, 0.2) is 5.76 Å². The van der Waals surface area contributed by atoms with Gasteiger partial charge in [0.25, 0.3) is 5.91 Å². The summed E-state index contributed by atoms with van der Waals surface area (Å²) in [6, 6.07) is 15.1. The molecule has 1 amide bonds. The van der Waals surface area contributed by atoms with Crippen molar-refractivity contribution in [3.63, 3.8) is 0 Å². The number of carbonyl (C=O) groups excluding carboxylic acids is 1. The molecule has 0 aliphatic rings. The second kappa shape index (κ2) is 9.80.